The number of nitrogens with one attached hydrogen (secondary N) is 1. The van der Waals surface area contributed by atoms with Crippen LogP contribution in [0.5, 0.6) is 0 Å². The Morgan fingerprint density at radius 2 is 0.797 bits per heavy atom. The second kappa shape index (κ2) is 58.1. The van der Waals surface area contributed by atoms with Crippen LogP contribution in [-0.2, 0) is 14.3 Å². The fourth-order valence-corrected chi connectivity index (χ4v) is 9.72. The molecule has 0 aromatic heterocycles. The van der Waals surface area contributed by atoms with Gasteiger partial charge in [0, 0.05) is 6.42 Å². The number of aliphatic hydroxyl groups excluding tert-OH is 5. The van der Waals surface area contributed by atoms with E-state index in [1.165, 1.54) is 167 Å². The highest BCUT2D eigenvalue weighted by atomic mass is 16.7. The zero-order valence-electron chi connectivity index (χ0n) is 50.6. The van der Waals surface area contributed by atoms with Crippen molar-refractivity contribution in [2.75, 3.05) is 13.2 Å². The molecule has 7 atom stereocenters. The summed E-state index contributed by atoms with van der Waals surface area (Å²) in [5, 5.41) is 54.6. The van der Waals surface area contributed by atoms with E-state index in [1.54, 1.807) is 6.08 Å². The SMILES string of the molecule is CC/C=C\C/C=C\C/C=C\C/C=C\C/C=C\C/C=C\CCCCCCCCCCCCCCCCC(=O)NC(COC1OC(CO)C(O)C(O)C1O)C(O)/C=C/CC/C=C/CC/C=C/CCCCCCCCCCCCCCC. The molecule has 9 heteroatoms. The lowest BCUT2D eigenvalue weighted by Gasteiger charge is -2.40. The van der Waals surface area contributed by atoms with Crippen LogP contribution in [0.2, 0.25) is 0 Å². The van der Waals surface area contributed by atoms with Gasteiger partial charge in [0.15, 0.2) is 6.29 Å². The third kappa shape index (κ3) is 47.1. The van der Waals surface area contributed by atoms with E-state index in [0.717, 1.165) is 83.5 Å². The molecule has 0 aromatic carbocycles. The van der Waals surface area contributed by atoms with Crippen LogP contribution in [-0.4, -0.2) is 87.5 Å². The van der Waals surface area contributed by atoms with Gasteiger partial charge in [-0.3, -0.25) is 4.79 Å². The Morgan fingerprint density at radius 1 is 0.443 bits per heavy atom. The van der Waals surface area contributed by atoms with E-state index >= 15 is 0 Å². The Kier molecular flexibility index (Phi) is 54.3. The van der Waals surface area contributed by atoms with Crippen molar-refractivity contribution in [2.24, 2.45) is 0 Å². The number of hydrogen-bond acceptors (Lipinski definition) is 8. The smallest absolute Gasteiger partial charge is 0.220 e. The van der Waals surface area contributed by atoms with Crippen LogP contribution >= 0.6 is 0 Å². The van der Waals surface area contributed by atoms with Crippen molar-refractivity contribution in [3.05, 3.63) is 109 Å². The minimum Gasteiger partial charge on any atom is -0.394 e. The Balaban J connectivity index is 2.19. The van der Waals surface area contributed by atoms with E-state index in [2.05, 4.69) is 116 Å². The summed E-state index contributed by atoms with van der Waals surface area (Å²) >= 11 is 0. The van der Waals surface area contributed by atoms with Crippen LogP contribution < -0.4 is 5.32 Å². The molecule has 0 saturated carbocycles. The van der Waals surface area contributed by atoms with Gasteiger partial charge in [0.1, 0.15) is 24.4 Å². The van der Waals surface area contributed by atoms with E-state index in [1.807, 2.05) is 6.08 Å². The van der Waals surface area contributed by atoms with E-state index < -0.39 is 49.5 Å². The second-order valence-corrected chi connectivity index (χ2v) is 22.2. The first-order valence-corrected chi connectivity index (χ1v) is 32.6. The first kappa shape index (κ1) is 73.9. The standard InChI is InChI=1S/C70H121NO8/c1-3-5-7-9-11-13-15-17-19-21-23-25-27-28-29-30-31-32-33-34-35-36-38-40-42-44-46-48-50-52-54-56-58-60-66(74)71-63(62-78-70-69(77)68(76)67(75)65(61-72)79-70)64(73)59-57-55-53-51-49-47-45-43-41-39-37-26-24-22-20-18-16-14-12-10-8-6-4-2/h5,7,11,13,17,19,23,25,28-29,31-32,41,43,49,51,57,59,63-65,67-70,72-73,75-77H,3-4,6,8-10,12,14-16,18,20-22,24,26-27,30,33-40,42,44-48,50,52-56,58,60-62H2,1-2H3,(H,71,74)/b7-5-,13-11-,19-17-,25-23-,29-28-,32-31-,43-41+,51-49+,59-57+. The molecular weight excluding hydrogens is 983 g/mol. The van der Waals surface area contributed by atoms with Gasteiger partial charge in [-0.1, -0.05) is 277 Å². The topological polar surface area (TPSA) is 149 Å². The zero-order valence-corrected chi connectivity index (χ0v) is 50.6. The minimum atomic E-state index is -1.58. The van der Waals surface area contributed by atoms with Crippen LogP contribution in [0.1, 0.15) is 271 Å². The summed E-state index contributed by atoms with van der Waals surface area (Å²) in [5.74, 6) is -0.193. The highest BCUT2D eigenvalue weighted by molar-refractivity contribution is 5.76. The number of carbonyl (C=O) groups is 1. The molecule has 454 valence electrons. The maximum Gasteiger partial charge on any atom is 0.220 e. The van der Waals surface area contributed by atoms with Crippen LogP contribution in [0.4, 0.5) is 0 Å². The normalized spacial score (nSPS) is 19.3. The number of allylic oxidation sites excluding steroid dienone is 17. The fraction of sp³-hybridized carbons (Fsp3) is 0.729. The maximum absolute atomic E-state index is 13.1. The average Bonchev–Trinajstić information content (AvgIpc) is 3.47. The molecular formula is C70H121NO8. The molecule has 7 unspecified atom stereocenters. The molecule has 1 fully saturated rings. The van der Waals surface area contributed by atoms with E-state index in [0.29, 0.717) is 6.42 Å². The molecule has 1 heterocycles. The number of hydrogen-bond donors (Lipinski definition) is 6. The van der Waals surface area contributed by atoms with Crippen LogP contribution in [0.3, 0.4) is 0 Å². The van der Waals surface area contributed by atoms with E-state index in [4.69, 9.17) is 9.47 Å². The van der Waals surface area contributed by atoms with Crippen molar-refractivity contribution < 1.29 is 39.8 Å². The lowest BCUT2D eigenvalue weighted by atomic mass is 9.99. The molecule has 0 aliphatic carbocycles. The Hall–Kier alpha value is -3.15. The maximum atomic E-state index is 13.1. The summed E-state index contributed by atoms with van der Waals surface area (Å²) in [7, 11) is 0. The quantitative estimate of drug-likeness (QED) is 0.0261. The molecule has 1 aliphatic rings. The number of rotatable bonds is 55. The number of ether oxygens (including phenoxy) is 2. The van der Waals surface area contributed by atoms with Crippen molar-refractivity contribution in [3.8, 4) is 0 Å². The van der Waals surface area contributed by atoms with E-state index in [9.17, 15) is 30.3 Å². The van der Waals surface area contributed by atoms with Crippen LogP contribution in [0.15, 0.2) is 109 Å². The van der Waals surface area contributed by atoms with Gasteiger partial charge in [-0.15, -0.1) is 0 Å². The highest BCUT2D eigenvalue weighted by Gasteiger charge is 2.44. The van der Waals surface area contributed by atoms with Gasteiger partial charge in [0.25, 0.3) is 0 Å². The first-order chi connectivity index (χ1) is 38.8. The predicted molar refractivity (Wildman–Crippen MR) is 336 cm³/mol. The molecule has 1 amide bonds. The third-order valence-corrected chi connectivity index (χ3v) is 14.8. The zero-order chi connectivity index (χ0) is 57.2. The van der Waals surface area contributed by atoms with Crippen molar-refractivity contribution in [3.63, 3.8) is 0 Å². The molecule has 0 radical (unpaired) electrons. The monoisotopic (exact) mass is 1100 g/mol. The van der Waals surface area contributed by atoms with Crippen molar-refractivity contribution in [2.45, 2.75) is 314 Å². The van der Waals surface area contributed by atoms with Crippen LogP contribution in [0.25, 0.3) is 0 Å². The number of unbranched alkanes of at least 4 members (excludes halogenated alkanes) is 29. The van der Waals surface area contributed by atoms with Gasteiger partial charge in [-0.05, 0) is 96.3 Å². The second-order valence-electron chi connectivity index (χ2n) is 22.2. The number of aliphatic hydroxyl groups is 5. The van der Waals surface area contributed by atoms with E-state index in [-0.39, 0.29) is 12.5 Å². The van der Waals surface area contributed by atoms with Gasteiger partial charge in [-0.2, -0.15) is 0 Å². The molecule has 0 aromatic rings. The van der Waals surface area contributed by atoms with Gasteiger partial charge >= 0.3 is 0 Å². The number of amides is 1. The number of carbonyl (C=O) groups excluding carboxylic acids is 1. The Labute approximate surface area is 485 Å². The molecule has 6 N–H and O–H groups in total. The molecule has 1 saturated heterocycles. The summed E-state index contributed by atoms with van der Waals surface area (Å²) in [6.45, 7) is 3.66. The molecule has 0 spiro atoms. The van der Waals surface area contributed by atoms with Crippen molar-refractivity contribution in [1.29, 1.82) is 0 Å². The summed E-state index contributed by atoms with van der Waals surface area (Å²) in [6.07, 6.45) is 78.9. The summed E-state index contributed by atoms with van der Waals surface area (Å²) in [6, 6.07) is -0.836. The molecule has 1 aliphatic heterocycles. The first-order valence-electron chi connectivity index (χ1n) is 32.6. The van der Waals surface area contributed by atoms with Crippen molar-refractivity contribution in [1.82, 2.24) is 5.32 Å². The summed E-state index contributed by atoms with van der Waals surface area (Å²) in [4.78, 5) is 13.1. The van der Waals surface area contributed by atoms with Gasteiger partial charge < -0.3 is 40.3 Å². The Bertz CT molecular complexity index is 1610. The van der Waals surface area contributed by atoms with Crippen LogP contribution in [0, 0.1) is 0 Å². The summed E-state index contributed by atoms with van der Waals surface area (Å²) in [5.41, 5.74) is 0. The third-order valence-electron chi connectivity index (χ3n) is 14.8. The average molecular weight is 1100 g/mol. The lowest BCUT2D eigenvalue weighted by molar-refractivity contribution is -0.302. The van der Waals surface area contributed by atoms with Gasteiger partial charge in [0.2, 0.25) is 5.91 Å². The summed E-state index contributed by atoms with van der Waals surface area (Å²) < 4.78 is 11.3. The largest absolute Gasteiger partial charge is 0.394 e. The van der Waals surface area contributed by atoms with Gasteiger partial charge in [-0.25, -0.2) is 0 Å². The van der Waals surface area contributed by atoms with Gasteiger partial charge in [0.05, 0.1) is 25.4 Å². The molecule has 1 rings (SSSR count). The minimum absolute atomic E-state index is 0.193. The molecule has 9 nitrogen and oxygen atoms in total. The molecule has 79 heavy (non-hydrogen) atoms. The lowest BCUT2D eigenvalue weighted by Crippen LogP contribution is -2.60. The Morgan fingerprint density at radius 3 is 1.22 bits per heavy atom. The van der Waals surface area contributed by atoms with Crippen molar-refractivity contribution >= 4 is 5.91 Å². The molecule has 0 bridgehead atoms. The fourth-order valence-electron chi connectivity index (χ4n) is 9.72. The predicted octanol–water partition coefficient (Wildman–Crippen LogP) is 17.3. The highest BCUT2D eigenvalue weighted by Crippen LogP contribution is 2.23.